The van der Waals surface area contributed by atoms with Crippen LogP contribution in [0.25, 0.3) is 0 Å². The van der Waals surface area contributed by atoms with Crippen LogP contribution in [0.3, 0.4) is 0 Å². The smallest absolute Gasteiger partial charge is 0.313 e. The molecule has 0 aromatic rings. The molecule has 0 aliphatic rings. The first kappa shape index (κ1) is 21.6. The molecule has 0 bridgehead atoms. The fraction of sp³-hybridized carbons (Fsp3) is 0.833. The van der Waals surface area contributed by atoms with Gasteiger partial charge in [0.2, 0.25) is 0 Å². The summed E-state index contributed by atoms with van der Waals surface area (Å²) in [4.78, 5) is 33.3. The molecular formula is C18H32O5. The molecule has 0 atom stereocenters. The van der Waals surface area contributed by atoms with E-state index in [4.69, 9.17) is 9.84 Å². The summed E-state index contributed by atoms with van der Waals surface area (Å²) in [7, 11) is 0. The summed E-state index contributed by atoms with van der Waals surface area (Å²) in [5.41, 5.74) is 0. The molecule has 0 radical (unpaired) electrons. The molecule has 0 aromatic carbocycles. The van der Waals surface area contributed by atoms with Gasteiger partial charge in [-0.1, -0.05) is 58.3 Å². The third-order valence-electron chi connectivity index (χ3n) is 3.73. The zero-order valence-electron chi connectivity index (χ0n) is 14.5. The summed E-state index contributed by atoms with van der Waals surface area (Å²) in [6, 6.07) is 0. The fourth-order valence-electron chi connectivity index (χ4n) is 2.35. The van der Waals surface area contributed by atoms with Crippen molar-refractivity contribution in [2.24, 2.45) is 0 Å². The summed E-state index contributed by atoms with van der Waals surface area (Å²) in [5, 5.41) is 8.50. The first-order valence-electron chi connectivity index (χ1n) is 9.01. The zero-order valence-corrected chi connectivity index (χ0v) is 14.5. The first-order valence-corrected chi connectivity index (χ1v) is 9.01. The van der Waals surface area contributed by atoms with Crippen LogP contribution in [-0.4, -0.2) is 23.0 Å². The lowest BCUT2D eigenvalue weighted by atomic mass is 10.1. The minimum absolute atomic E-state index is 0.229. The van der Waals surface area contributed by atoms with Crippen molar-refractivity contribution in [2.45, 2.75) is 96.8 Å². The molecule has 0 saturated carbocycles. The number of carbonyl (C=O) groups excluding carboxylic acids is 2. The van der Waals surface area contributed by atoms with E-state index in [0.29, 0.717) is 12.8 Å². The number of carboxylic acid groups (broad SMARTS) is 1. The molecule has 0 rings (SSSR count). The molecule has 5 heteroatoms. The van der Waals surface area contributed by atoms with Crippen molar-refractivity contribution in [1.82, 2.24) is 0 Å². The Hall–Kier alpha value is -1.39. The highest BCUT2D eigenvalue weighted by atomic mass is 16.6. The summed E-state index contributed by atoms with van der Waals surface area (Å²) in [5.74, 6) is -1.57. The van der Waals surface area contributed by atoms with Crippen LogP contribution in [0.5, 0.6) is 0 Å². The molecule has 0 aromatic heterocycles. The lowest BCUT2D eigenvalue weighted by Crippen LogP contribution is -2.11. The highest BCUT2D eigenvalue weighted by Crippen LogP contribution is 2.10. The van der Waals surface area contributed by atoms with Crippen molar-refractivity contribution in [3.63, 3.8) is 0 Å². The van der Waals surface area contributed by atoms with E-state index >= 15 is 0 Å². The van der Waals surface area contributed by atoms with Crippen molar-refractivity contribution < 1.29 is 24.2 Å². The molecule has 0 unspecified atom stereocenters. The van der Waals surface area contributed by atoms with E-state index in [1.54, 1.807) is 0 Å². The minimum Gasteiger partial charge on any atom is -0.481 e. The number of carbonyl (C=O) groups is 3. The predicted octanol–water partition coefficient (Wildman–Crippen LogP) is 4.62. The molecular weight excluding hydrogens is 296 g/mol. The zero-order chi connectivity index (χ0) is 17.3. The van der Waals surface area contributed by atoms with Crippen molar-refractivity contribution in [2.75, 3.05) is 0 Å². The Balaban J connectivity index is 3.38. The van der Waals surface area contributed by atoms with Crippen LogP contribution in [0.1, 0.15) is 96.8 Å². The molecule has 0 spiro atoms. The quantitative estimate of drug-likeness (QED) is 0.269. The van der Waals surface area contributed by atoms with E-state index < -0.39 is 17.9 Å². The Kier molecular flexibility index (Phi) is 14.6. The molecule has 5 nitrogen and oxygen atoms in total. The highest BCUT2D eigenvalue weighted by Gasteiger charge is 2.09. The van der Waals surface area contributed by atoms with Gasteiger partial charge in [-0.15, -0.1) is 0 Å². The molecule has 1 N–H and O–H groups in total. The average molecular weight is 328 g/mol. The Morgan fingerprint density at radius 3 is 1.48 bits per heavy atom. The van der Waals surface area contributed by atoms with Gasteiger partial charge in [-0.05, 0) is 19.3 Å². The standard InChI is InChI=1S/C18H32O5/c1-2-3-4-7-11-14-17(21)23-18(22)15-12-9-6-5-8-10-13-16(19)20/h2-15H2,1H3,(H,19,20). The maximum Gasteiger partial charge on any atom is 0.313 e. The second kappa shape index (κ2) is 15.5. The van der Waals surface area contributed by atoms with Crippen molar-refractivity contribution in [3.05, 3.63) is 0 Å². The van der Waals surface area contributed by atoms with Gasteiger partial charge in [-0.25, -0.2) is 0 Å². The minimum atomic E-state index is -0.747. The topological polar surface area (TPSA) is 80.7 Å². The average Bonchev–Trinajstić information content (AvgIpc) is 2.49. The van der Waals surface area contributed by atoms with Gasteiger partial charge < -0.3 is 9.84 Å². The lowest BCUT2D eigenvalue weighted by molar-refractivity contribution is -0.159. The van der Waals surface area contributed by atoms with Crippen LogP contribution in [0.15, 0.2) is 0 Å². The monoisotopic (exact) mass is 328 g/mol. The van der Waals surface area contributed by atoms with Crippen molar-refractivity contribution in [1.29, 1.82) is 0 Å². The predicted molar refractivity (Wildman–Crippen MR) is 89.0 cm³/mol. The molecule has 0 amide bonds. The lowest BCUT2D eigenvalue weighted by Gasteiger charge is -2.04. The van der Waals surface area contributed by atoms with Crippen molar-refractivity contribution >= 4 is 17.9 Å². The van der Waals surface area contributed by atoms with Crippen LogP contribution >= 0.6 is 0 Å². The van der Waals surface area contributed by atoms with Gasteiger partial charge in [-0.2, -0.15) is 0 Å². The Labute approximate surface area is 139 Å². The summed E-state index contributed by atoms with van der Waals surface area (Å²) in [6.07, 6.45) is 11.4. The molecule has 134 valence electrons. The molecule has 0 heterocycles. The number of rotatable bonds is 15. The number of ether oxygens (including phenoxy) is 1. The Morgan fingerprint density at radius 1 is 0.652 bits per heavy atom. The van der Waals surface area contributed by atoms with E-state index in [9.17, 15) is 14.4 Å². The Bertz CT molecular complexity index is 338. The molecule has 0 aliphatic carbocycles. The summed E-state index contributed by atoms with van der Waals surface area (Å²) < 4.78 is 4.79. The van der Waals surface area contributed by atoms with Crippen LogP contribution in [-0.2, 0) is 19.1 Å². The molecule has 0 fully saturated rings. The third kappa shape index (κ3) is 16.8. The normalized spacial score (nSPS) is 10.5. The molecule has 0 aliphatic heterocycles. The van der Waals surface area contributed by atoms with E-state index in [1.807, 2.05) is 0 Å². The Morgan fingerprint density at radius 2 is 1.04 bits per heavy atom. The number of aliphatic carboxylic acids is 1. The first-order chi connectivity index (χ1) is 11.1. The SMILES string of the molecule is CCCCCCCC(=O)OC(=O)CCCCCCCCC(=O)O. The highest BCUT2D eigenvalue weighted by molar-refractivity contribution is 5.85. The van der Waals surface area contributed by atoms with E-state index in [2.05, 4.69) is 6.92 Å². The molecule has 0 saturated heterocycles. The van der Waals surface area contributed by atoms with E-state index in [-0.39, 0.29) is 12.8 Å². The van der Waals surface area contributed by atoms with Gasteiger partial charge in [0.25, 0.3) is 0 Å². The maximum absolute atomic E-state index is 11.5. The van der Waals surface area contributed by atoms with Gasteiger partial charge in [0.05, 0.1) is 0 Å². The maximum atomic E-state index is 11.5. The van der Waals surface area contributed by atoms with Gasteiger partial charge in [0.1, 0.15) is 0 Å². The largest absolute Gasteiger partial charge is 0.481 e. The molecule has 23 heavy (non-hydrogen) atoms. The van der Waals surface area contributed by atoms with Crippen LogP contribution < -0.4 is 0 Å². The van der Waals surface area contributed by atoms with Crippen LogP contribution in [0.4, 0.5) is 0 Å². The van der Waals surface area contributed by atoms with Crippen LogP contribution in [0, 0.1) is 0 Å². The second-order valence-electron chi connectivity index (χ2n) is 6.03. The number of esters is 2. The van der Waals surface area contributed by atoms with Gasteiger partial charge >= 0.3 is 17.9 Å². The number of carboxylic acids is 1. The second-order valence-corrected chi connectivity index (χ2v) is 6.03. The van der Waals surface area contributed by atoms with Gasteiger partial charge in [0, 0.05) is 19.3 Å². The number of hydrogen-bond donors (Lipinski definition) is 1. The fourth-order valence-corrected chi connectivity index (χ4v) is 2.35. The van der Waals surface area contributed by atoms with Crippen LogP contribution in [0.2, 0.25) is 0 Å². The van der Waals surface area contributed by atoms with E-state index in [1.165, 1.54) is 12.8 Å². The van der Waals surface area contributed by atoms with Crippen molar-refractivity contribution in [3.8, 4) is 0 Å². The summed E-state index contributed by atoms with van der Waals surface area (Å²) in [6.45, 7) is 2.14. The third-order valence-corrected chi connectivity index (χ3v) is 3.73. The number of unbranched alkanes of at least 4 members (excludes halogenated alkanes) is 9. The number of hydrogen-bond acceptors (Lipinski definition) is 4. The van der Waals surface area contributed by atoms with Gasteiger partial charge in [-0.3, -0.25) is 14.4 Å². The summed E-state index contributed by atoms with van der Waals surface area (Å²) >= 11 is 0. The van der Waals surface area contributed by atoms with Gasteiger partial charge in [0.15, 0.2) is 0 Å². The van der Waals surface area contributed by atoms with E-state index in [0.717, 1.165) is 51.4 Å².